The van der Waals surface area contributed by atoms with E-state index in [4.69, 9.17) is 0 Å². The summed E-state index contributed by atoms with van der Waals surface area (Å²) in [6.07, 6.45) is 0. The van der Waals surface area contributed by atoms with Crippen molar-refractivity contribution in [2.75, 3.05) is 0 Å². The molecule has 0 saturated carbocycles. The van der Waals surface area contributed by atoms with Gasteiger partial charge in [0, 0.05) is 0 Å². The van der Waals surface area contributed by atoms with Gasteiger partial charge in [0.1, 0.15) is 11.6 Å². The first-order valence-corrected chi connectivity index (χ1v) is 4.77. The second-order valence-electron chi connectivity index (χ2n) is 3.33. The van der Waals surface area contributed by atoms with Gasteiger partial charge in [-0.15, -0.1) is 0 Å². The van der Waals surface area contributed by atoms with Crippen LogP contribution in [0.3, 0.4) is 0 Å². The summed E-state index contributed by atoms with van der Waals surface area (Å²) in [5, 5.41) is 9.49. The molecule has 2 nitrogen and oxygen atoms in total. The number of benzene rings is 2. The number of aromatic hydroxyl groups is 1. The first-order valence-electron chi connectivity index (χ1n) is 4.77. The van der Waals surface area contributed by atoms with Crippen molar-refractivity contribution in [2.45, 2.75) is 0 Å². The van der Waals surface area contributed by atoms with E-state index in [-0.39, 0.29) is 16.9 Å². The summed E-state index contributed by atoms with van der Waals surface area (Å²) < 4.78 is 13.4. The number of halogens is 1. The van der Waals surface area contributed by atoms with Crippen LogP contribution in [0.25, 0.3) is 0 Å². The number of carbonyl (C=O) groups excluding carboxylic acids is 1. The molecule has 0 unspecified atom stereocenters. The number of hydrogen-bond donors (Lipinski definition) is 1. The van der Waals surface area contributed by atoms with Gasteiger partial charge in [0.25, 0.3) is 0 Å². The van der Waals surface area contributed by atoms with Crippen LogP contribution in [-0.4, -0.2) is 10.9 Å². The average molecular weight is 216 g/mol. The molecule has 0 radical (unpaired) electrons. The minimum atomic E-state index is -0.587. The lowest BCUT2D eigenvalue weighted by Crippen LogP contribution is -2.04. The van der Waals surface area contributed by atoms with Crippen molar-refractivity contribution in [3.63, 3.8) is 0 Å². The van der Waals surface area contributed by atoms with Crippen LogP contribution in [0, 0.1) is 5.82 Å². The van der Waals surface area contributed by atoms with Gasteiger partial charge < -0.3 is 5.11 Å². The second-order valence-corrected chi connectivity index (χ2v) is 3.33. The zero-order chi connectivity index (χ0) is 11.5. The molecule has 2 aromatic rings. The van der Waals surface area contributed by atoms with Crippen LogP contribution in [0.1, 0.15) is 15.9 Å². The summed E-state index contributed by atoms with van der Waals surface area (Å²) >= 11 is 0. The molecule has 80 valence electrons. The molecule has 0 saturated heterocycles. The summed E-state index contributed by atoms with van der Waals surface area (Å²) in [7, 11) is 0. The lowest BCUT2D eigenvalue weighted by molar-refractivity contribution is 0.103. The minimum absolute atomic E-state index is 0.0380. The zero-order valence-electron chi connectivity index (χ0n) is 8.35. The lowest BCUT2D eigenvalue weighted by atomic mass is 10.0. The van der Waals surface area contributed by atoms with E-state index in [1.807, 2.05) is 0 Å². The maximum Gasteiger partial charge on any atom is 0.199 e. The van der Waals surface area contributed by atoms with E-state index in [9.17, 15) is 14.3 Å². The monoisotopic (exact) mass is 216 g/mol. The van der Waals surface area contributed by atoms with Crippen molar-refractivity contribution in [3.8, 4) is 5.75 Å². The number of hydrogen-bond acceptors (Lipinski definition) is 2. The van der Waals surface area contributed by atoms with Crippen LogP contribution in [0.4, 0.5) is 4.39 Å². The predicted molar refractivity (Wildman–Crippen MR) is 57.9 cm³/mol. The smallest absolute Gasteiger partial charge is 0.199 e. The molecule has 0 aromatic heterocycles. The maximum absolute atomic E-state index is 13.4. The highest BCUT2D eigenvalue weighted by atomic mass is 19.1. The van der Waals surface area contributed by atoms with Crippen molar-refractivity contribution in [2.24, 2.45) is 0 Å². The molecule has 0 aliphatic carbocycles. The zero-order valence-corrected chi connectivity index (χ0v) is 8.35. The standard InChI is InChI=1S/C13H9FO2/c14-11-7-3-1-5-9(11)13(16)10-6-2-4-8-12(10)15/h1-8,15H. The quantitative estimate of drug-likeness (QED) is 0.784. The molecule has 2 rings (SSSR count). The van der Waals surface area contributed by atoms with E-state index in [1.54, 1.807) is 18.2 Å². The van der Waals surface area contributed by atoms with Gasteiger partial charge in [0.15, 0.2) is 5.78 Å². The van der Waals surface area contributed by atoms with Crippen LogP contribution < -0.4 is 0 Å². The van der Waals surface area contributed by atoms with Gasteiger partial charge in [-0.05, 0) is 24.3 Å². The molecule has 0 amide bonds. The van der Waals surface area contributed by atoms with E-state index in [2.05, 4.69) is 0 Å². The Hall–Kier alpha value is -2.16. The Morgan fingerprint density at radius 3 is 2.12 bits per heavy atom. The highest BCUT2D eigenvalue weighted by Gasteiger charge is 2.15. The Morgan fingerprint density at radius 2 is 1.50 bits per heavy atom. The Labute approximate surface area is 92.0 Å². The fraction of sp³-hybridized carbons (Fsp3) is 0. The molecule has 0 aliphatic rings. The molecule has 3 heteroatoms. The van der Waals surface area contributed by atoms with Crippen molar-refractivity contribution >= 4 is 5.78 Å². The van der Waals surface area contributed by atoms with Crippen molar-refractivity contribution in [1.29, 1.82) is 0 Å². The molecule has 1 N–H and O–H groups in total. The molecule has 0 spiro atoms. The first kappa shape index (κ1) is 10.4. The second kappa shape index (κ2) is 4.14. The van der Waals surface area contributed by atoms with E-state index in [1.165, 1.54) is 30.3 Å². The van der Waals surface area contributed by atoms with Gasteiger partial charge in [-0.25, -0.2) is 4.39 Å². The van der Waals surface area contributed by atoms with Crippen LogP contribution >= 0.6 is 0 Å². The number of phenols is 1. The highest BCUT2D eigenvalue weighted by molar-refractivity contribution is 6.10. The van der Waals surface area contributed by atoms with Crippen LogP contribution in [0.15, 0.2) is 48.5 Å². The van der Waals surface area contributed by atoms with E-state index >= 15 is 0 Å². The molecule has 0 fully saturated rings. The number of rotatable bonds is 2. The molecule has 2 aromatic carbocycles. The summed E-state index contributed by atoms with van der Waals surface area (Å²) in [6, 6.07) is 11.8. The lowest BCUT2D eigenvalue weighted by Gasteiger charge is -2.04. The van der Waals surface area contributed by atoms with E-state index < -0.39 is 11.6 Å². The molecule has 0 bridgehead atoms. The maximum atomic E-state index is 13.4. The SMILES string of the molecule is O=C(c1ccccc1O)c1ccccc1F. The summed E-state index contributed by atoms with van der Waals surface area (Å²) in [4.78, 5) is 11.9. The number of para-hydroxylation sites is 1. The normalized spacial score (nSPS) is 10.1. The summed E-state index contributed by atoms with van der Waals surface area (Å²) in [5.74, 6) is -1.25. The number of ketones is 1. The third kappa shape index (κ3) is 1.80. The van der Waals surface area contributed by atoms with Crippen molar-refractivity contribution in [3.05, 3.63) is 65.5 Å². The van der Waals surface area contributed by atoms with Crippen molar-refractivity contribution in [1.82, 2.24) is 0 Å². The Morgan fingerprint density at radius 1 is 0.938 bits per heavy atom. The minimum Gasteiger partial charge on any atom is -0.507 e. The van der Waals surface area contributed by atoms with Gasteiger partial charge in [0.2, 0.25) is 0 Å². The van der Waals surface area contributed by atoms with Gasteiger partial charge in [-0.3, -0.25) is 4.79 Å². The van der Waals surface area contributed by atoms with Gasteiger partial charge >= 0.3 is 0 Å². The third-order valence-electron chi connectivity index (χ3n) is 2.27. The Bertz CT molecular complexity index is 487. The van der Waals surface area contributed by atoms with Gasteiger partial charge in [-0.1, -0.05) is 24.3 Å². The van der Waals surface area contributed by atoms with Crippen LogP contribution in [0.2, 0.25) is 0 Å². The molecule has 0 heterocycles. The Balaban J connectivity index is 2.48. The van der Waals surface area contributed by atoms with Gasteiger partial charge in [0.05, 0.1) is 11.1 Å². The molecule has 0 atom stereocenters. The fourth-order valence-electron chi connectivity index (χ4n) is 1.46. The molecular weight excluding hydrogens is 207 g/mol. The largest absolute Gasteiger partial charge is 0.507 e. The fourth-order valence-corrected chi connectivity index (χ4v) is 1.46. The summed E-state index contributed by atoms with van der Waals surface area (Å²) in [6.45, 7) is 0. The van der Waals surface area contributed by atoms with Gasteiger partial charge in [-0.2, -0.15) is 0 Å². The first-order chi connectivity index (χ1) is 7.70. The van der Waals surface area contributed by atoms with Crippen LogP contribution in [-0.2, 0) is 0 Å². The predicted octanol–water partition coefficient (Wildman–Crippen LogP) is 2.76. The highest BCUT2D eigenvalue weighted by Crippen LogP contribution is 2.20. The average Bonchev–Trinajstić information content (AvgIpc) is 2.29. The molecule has 0 aliphatic heterocycles. The van der Waals surface area contributed by atoms with Crippen molar-refractivity contribution < 1.29 is 14.3 Å². The number of phenolic OH excluding ortho intramolecular Hbond substituents is 1. The molecule has 16 heavy (non-hydrogen) atoms. The topological polar surface area (TPSA) is 37.3 Å². The number of carbonyl (C=O) groups is 1. The third-order valence-corrected chi connectivity index (χ3v) is 2.27. The molecular formula is C13H9FO2. The van der Waals surface area contributed by atoms with E-state index in [0.717, 1.165) is 0 Å². The van der Waals surface area contributed by atoms with E-state index in [0.29, 0.717) is 0 Å². The Kier molecular flexibility index (Phi) is 2.68. The van der Waals surface area contributed by atoms with Crippen LogP contribution in [0.5, 0.6) is 5.75 Å². The summed E-state index contributed by atoms with van der Waals surface area (Å²) in [5.41, 5.74) is 0.0663.